The van der Waals surface area contributed by atoms with Crippen molar-refractivity contribution in [3.05, 3.63) is 35.1 Å². The molecule has 0 radical (unpaired) electrons. The molecule has 0 atom stereocenters. The molecule has 0 saturated heterocycles. The number of halogens is 1. The highest BCUT2D eigenvalue weighted by atomic mass is 32.1. The number of thiocarbonyl (C=S) groups is 1. The summed E-state index contributed by atoms with van der Waals surface area (Å²) in [6.45, 7) is 2.72. The Balaban J connectivity index is 1.70. The molecule has 0 aliphatic heterocycles. The van der Waals surface area contributed by atoms with E-state index < -0.39 is 0 Å². The molecule has 0 unspecified atom stereocenters. The highest BCUT2D eigenvalue weighted by Crippen LogP contribution is 2.17. The molecule has 0 heterocycles. The van der Waals surface area contributed by atoms with Crippen molar-refractivity contribution in [3.8, 4) is 0 Å². The molecule has 1 aliphatic rings. The first kappa shape index (κ1) is 15.2. The molecule has 0 amide bonds. The molecule has 1 aliphatic carbocycles. The minimum absolute atomic E-state index is 0.173. The molecular formula is C16H23FN2S. The minimum atomic E-state index is -0.173. The summed E-state index contributed by atoms with van der Waals surface area (Å²) in [7, 11) is 0. The van der Waals surface area contributed by atoms with E-state index in [1.165, 1.54) is 43.7 Å². The van der Waals surface area contributed by atoms with Crippen LogP contribution in [0.2, 0.25) is 0 Å². The van der Waals surface area contributed by atoms with Gasteiger partial charge >= 0.3 is 0 Å². The van der Waals surface area contributed by atoms with Crippen molar-refractivity contribution >= 4 is 17.3 Å². The van der Waals surface area contributed by atoms with Gasteiger partial charge in [-0.15, -0.1) is 0 Å². The van der Waals surface area contributed by atoms with Gasteiger partial charge in [-0.1, -0.05) is 25.3 Å². The zero-order chi connectivity index (χ0) is 14.4. The van der Waals surface area contributed by atoms with Crippen molar-refractivity contribution < 1.29 is 4.39 Å². The monoisotopic (exact) mass is 294 g/mol. The lowest BCUT2D eigenvalue weighted by atomic mass is 9.96. The molecular weight excluding hydrogens is 271 g/mol. The van der Waals surface area contributed by atoms with Gasteiger partial charge in [-0.25, -0.2) is 4.39 Å². The molecule has 1 aromatic rings. The smallest absolute Gasteiger partial charge is 0.166 e. The van der Waals surface area contributed by atoms with Gasteiger partial charge in [-0.05, 0) is 61.7 Å². The van der Waals surface area contributed by atoms with Gasteiger partial charge in [-0.2, -0.15) is 0 Å². The highest BCUT2D eigenvalue weighted by Gasteiger charge is 2.13. The van der Waals surface area contributed by atoms with Crippen LogP contribution in [0.5, 0.6) is 0 Å². The molecule has 110 valence electrons. The van der Waals surface area contributed by atoms with Crippen LogP contribution >= 0.6 is 12.2 Å². The lowest BCUT2D eigenvalue weighted by Gasteiger charge is -2.24. The Hall–Kier alpha value is -1.16. The summed E-state index contributed by atoms with van der Waals surface area (Å²) < 4.78 is 13.0. The third-order valence-corrected chi connectivity index (χ3v) is 4.19. The van der Waals surface area contributed by atoms with E-state index in [1.54, 1.807) is 6.07 Å². The summed E-state index contributed by atoms with van der Waals surface area (Å²) in [4.78, 5) is 0. The molecule has 1 aromatic carbocycles. The Kier molecular flexibility index (Phi) is 5.77. The number of rotatable bonds is 4. The standard InChI is InChI=1S/C16H23FN2S/c1-12-11-14(17)8-7-13(12)9-10-18-16(20)19-15-5-3-2-4-6-15/h7-8,11,15H,2-6,9-10H2,1H3,(H2,18,19,20). The normalized spacial score (nSPS) is 15.9. The Bertz CT molecular complexity index is 456. The second kappa shape index (κ2) is 7.58. The number of nitrogens with one attached hydrogen (secondary N) is 2. The maximum atomic E-state index is 13.0. The van der Waals surface area contributed by atoms with Crippen LogP contribution in [0.25, 0.3) is 0 Å². The molecule has 0 spiro atoms. The van der Waals surface area contributed by atoms with E-state index in [1.807, 2.05) is 13.0 Å². The van der Waals surface area contributed by atoms with Crippen LogP contribution in [-0.4, -0.2) is 17.7 Å². The van der Waals surface area contributed by atoms with Crippen molar-refractivity contribution in [2.75, 3.05) is 6.54 Å². The molecule has 2 nitrogen and oxygen atoms in total. The number of aryl methyl sites for hydroxylation is 1. The van der Waals surface area contributed by atoms with Crippen LogP contribution in [0.4, 0.5) is 4.39 Å². The Morgan fingerprint density at radius 3 is 2.75 bits per heavy atom. The highest BCUT2D eigenvalue weighted by molar-refractivity contribution is 7.80. The summed E-state index contributed by atoms with van der Waals surface area (Å²) in [6, 6.07) is 5.48. The summed E-state index contributed by atoms with van der Waals surface area (Å²) in [5.41, 5.74) is 2.16. The van der Waals surface area contributed by atoms with E-state index >= 15 is 0 Å². The molecule has 4 heteroatoms. The SMILES string of the molecule is Cc1cc(F)ccc1CCNC(=S)NC1CCCCC1. The first-order chi connectivity index (χ1) is 9.65. The lowest BCUT2D eigenvalue weighted by Crippen LogP contribution is -2.43. The molecule has 0 aromatic heterocycles. The van der Waals surface area contributed by atoms with E-state index in [2.05, 4.69) is 10.6 Å². The summed E-state index contributed by atoms with van der Waals surface area (Å²) in [6.07, 6.45) is 7.25. The fourth-order valence-corrected chi connectivity index (χ4v) is 3.00. The minimum Gasteiger partial charge on any atom is -0.362 e. The first-order valence-electron chi connectivity index (χ1n) is 7.44. The van der Waals surface area contributed by atoms with Gasteiger partial charge in [0.05, 0.1) is 0 Å². The Morgan fingerprint density at radius 1 is 1.30 bits per heavy atom. The van der Waals surface area contributed by atoms with E-state index in [0.29, 0.717) is 6.04 Å². The quantitative estimate of drug-likeness (QED) is 0.832. The van der Waals surface area contributed by atoms with Crippen molar-refractivity contribution in [1.82, 2.24) is 10.6 Å². The predicted octanol–water partition coefficient (Wildman–Crippen LogP) is 3.47. The summed E-state index contributed by atoms with van der Waals surface area (Å²) >= 11 is 5.32. The van der Waals surface area contributed by atoms with Crippen LogP contribution in [0.15, 0.2) is 18.2 Å². The second-order valence-electron chi connectivity index (χ2n) is 5.56. The average Bonchev–Trinajstić information content (AvgIpc) is 2.42. The number of hydrogen-bond acceptors (Lipinski definition) is 1. The lowest BCUT2D eigenvalue weighted by molar-refractivity contribution is 0.412. The molecule has 20 heavy (non-hydrogen) atoms. The van der Waals surface area contributed by atoms with Gasteiger partial charge in [-0.3, -0.25) is 0 Å². The predicted molar refractivity (Wildman–Crippen MR) is 85.5 cm³/mol. The zero-order valence-electron chi connectivity index (χ0n) is 12.0. The Labute approximate surface area is 126 Å². The van der Waals surface area contributed by atoms with E-state index in [0.717, 1.165) is 23.6 Å². The van der Waals surface area contributed by atoms with Gasteiger partial charge in [0, 0.05) is 12.6 Å². The second-order valence-corrected chi connectivity index (χ2v) is 5.96. The maximum absolute atomic E-state index is 13.0. The van der Waals surface area contributed by atoms with Gasteiger partial charge in [0.2, 0.25) is 0 Å². The van der Waals surface area contributed by atoms with E-state index in [-0.39, 0.29) is 5.82 Å². The van der Waals surface area contributed by atoms with Gasteiger partial charge < -0.3 is 10.6 Å². The summed E-state index contributed by atoms with van der Waals surface area (Å²) in [5.74, 6) is -0.173. The van der Waals surface area contributed by atoms with Gasteiger partial charge in [0.1, 0.15) is 5.82 Å². The third kappa shape index (κ3) is 4.75. The average molecular weight is 294 g/mol. The molecule has 1 fully saturated rings. The number of hydrogen-bond donors (Lipinski definition) is 2. The van der Waals surface area contributed by atoms with Crippen LogP contribution in [0, 0.1) is 12.7 Å². The molecule has 1 saturated carbocycles. The summed E-state index contributed by atoms with van der Waals surface area (Å²) in [5, 5.41) is 7.38. The topological polar surface area (TPSA) is 24.1 Å². The van der Waals surface area contributed by atoms with Crippen molar-refractivity contribution in [3.63, 3.8) is 0 Å². The van der Waals surface area contributed by atoms with Crippen LogP contribution < -0.4 is 10.6 Å². The van der Waals surface area contributed by atoms with Crippen LogP contribution in [0.1, 0.15) is 43.2 Å². The number of benzene rings is 1. The molecule has 2 rings (SSSR count). The van der Waals surface area contributed by atoms with Crippen molar-refractivity contribution in [2.45, 2.75) is 51.5 Å². The first-order valence-corrected chi connectivity index (χ1v) is 7.85. The maximum Gasteiger partial charge on any atom is 0.166 e. The third-order valence-electron chi connectivity index (χ3n) is 3.92. The van der Waals surface area contributed by atoms with Crippen molar-refractivity contribution in [1.29, 1.82) is 0 Å². The fraction of sp³-hybridized carbons (Fsp3) is 0.562. The van der Waals surface area contributed by atoms with Gasteiger partial charge in [0.15, 0.2) is 5.11 Å². The molecule has 0 bridgehead atoms. The van der Waals surface area contributed by atoms with Crippen molar-refractivity contribution in [2.24, 2.45) is 0 Å². The van der Waals surface area contributed by atoms with E-state index in [9.17, 15) is 4.39 Å². The van der Waals surface area contributed by atoms with Crippen LogP contribution in [-0.2, 0) is 6.42 Å². The Morgan fingerprint density at radius 2 is 2.05 bits per heavy atom. The van der Waals surface area contributed by atoms with Crippen LogP contribution in [0.3, 0.4) is 0 Å². The molecule has 2 N–H and O–H groups in total. The fourth-order valence-electron chi connectivity index (χ4n) is 2.73. The van der Waals surface area contributed by atoms with E-state index in [4.69, 9.17) is 12.2 Å². The largest absolute Gasteiger partial charge is 0.362 e. The zero-order valence-corrected chi connectivity index (χ0v) is 12.9. The van der Waals surface area contributed by atoms with Gasteiger partial charge in [0.25, 0.3) is 0 Å².